The maximum atomic E-state index is 11.2. The summed E-state index contributed by atoms with van der Waals surface area (Å²) in [5.41, 5.74) is 4.03. The van der Waals surface area contributed by atoms with Crippen molar-refractivity contribution < 1.29 is 20.5 Å². The Morgan fingerprint density at radius 1 is 1.33 bits per heavy atom. The first-order chi connectivity index (χ1) is 13.4. The molecule has 1 amide bonds. The summed E-state index contributed by atoms with van der Waals surface area (Å²) in [5.74, 6) is 0.841. The molecule has 3 fully saturated rings. The summed E-state index contributed by atoms with van der Waals surface area (Å²) in [6.07, 6.45) is 6.57. The SMILES string of the molecule is C1COCCN1.C=C1CC2(C)CCC1C2.CCc1ccc(C(=O)NC)cc1S.O.O. The van der Waals surface area contributed by atoms with Gasteiger partial charge in [0.1, 0.15) is 0 Å². The topological polar surface area (TPSA) is 113 Å². The van der Waals surface area contributed by atoms with Crippen LogP contribution in [0.15, 0.2) is 35.2 Å². The van der Waals surface area contributed by atoms with E-state index in [0.717, 1.165) is 49.1 Å². The zero-order valence-corrected chi connectivity index (χ0v) is 19.5. The van der Waals surface area contributed by atoms with Crippen molar-refractivity contribution in [1.29, 1.82) is 0 Å². The first kappa shape index (κ1) is 28.6. The molecule has 7 heteroatoms. The van der Waals surface area contributed by atoms with Gasteiger partial charge in [-0.1, -0.05) is 32.1 Å². The predicted molar refractivity (Wildman–Crippen MR) is 127 cm³/mol. The van der Waals surface area contributed by atoms with Crippen LogP contribution >= 0.6 is 12.6 Å². The van der Waals surface area contributed by atoms with Gasteiger partial charge in [0.2, 0.25) is 0 Å². The largest absolute Gasteiger partial charge is 0.412 e. The number of hydrogen-bond acceptors (Lipinski definition) is 4. The van der Waals surface area contributed by atoms with Gasteiger partial charge in [0.25, 0.3) is 5.91 Å². The Bertz CT molecular complexity index is 668. The number of fused-ring (bicyclic) bond motifs is 2. The molecule has 4 rings (SSSR count). The van der Waals surface area contributed by atoms with Gasteiger partial charge in [0.05, 0.1) is 13.2 Å². The number of aryl methyl sites for hydroxylation is 1. The molecule has 1 heterocycles. The lowest BCUT2D eigenvalue weighted by atomic mass is 9.85. The van der Waals surface area contributed by atoms with Crippen molar-refractivity contribution in [3.8, 4) is 0 Å². The van der Waals surface area contributed by atoms with Crippen LogP contribution in [-0.4, -0.2) is 50.2 Å². The zero-order valence-electron chi connectivity index (χ0n) is 18.6. The second kappa shape index (κ2) is 13.8. The van der Waals surface area contributed by atoms with Crippen molar-refractivity contribution in [2.45, 2.75) is 50.8 Å². The van der Waals surface area contributed by atoms with E-state index in [1.165, 1.54) is 31.3 Å². The number of benzene rings is 1. The van der Waals surface area contributed by atoms with Crippen molar-refractivity contribution in [2.75, 3.05) is 33.4 Å². The number of amides is 1. The maximum absolute atomic E-state index is 11.2. The van der Waals surface area contributed by atoms with Crippen LogP contribution in [0.1, 0.15) is 55.5 Å². The Morgan fingerprint density at radius 3 is 2.30 bits per heavy atom. The molecule has 0 aromatic heterocycles. The third-order valence-corrected chi connectivity index (χ3v) is 6.28. The summed E-state index contributed by atoms with van der Waals surface area (Å²) < 4.78 is 5.01. The Kier molecular flexibility index (Phi) is 13.2. The first-order valence-electron chi connectivity index (χ1n) is 10.4. The molecule has 1 saturated heterocycles. The van der Waals surface area contributed by atoms with Crippen LogP contribution in [0.2, 0.25) is 0 Å². The van der Waals surface area contributed by atoms with E-state index >= 15 is 0 Å². The van der Waals surface area contributed by atoms with E-state index in [2.05, 4.69) is 43.7 Å². The smallest absolute Gasteiger partial charge is 0.251 e. The number of hydrogen-bond donors (Lipinski definition) is 3. The number of nitrogens with one attached hydrogen (secondary N) is 2. The fraction of sp³-hybridized carbons (Fsp3) is 0.609. The third kappa shape index (κ3) is 8.40. The van der Waals surface area contributed by atoms with Gasteiger partial charge in [0.15, 0.2) is 0 Å². The van der Waals surface area contributed by atoms with E-state index in [1.54, 1.807) is 13.1 Å². The Hall–Kier alpha value is -1.38. The molecule has 1 aliphatic heterocycles. The molecule has 2 atom stereocenters. The van der Waals surface area contributed by atoms with Crippen LogP contribution in [0.4, 0.5) is 0 Å². The fourth-order valence-corrected chi connectivity index (χ4v) is 4.56. The second-order valence-corrected chi connectivity index (χ2v) is 8.71. The quantitative estimate of drug-likeness (QED) is 0.485. The second-order valence-electron chi connectivity index (χ2n) is 8.22. The molecule has 3 aliphatic rings. The lowest BCUT2D eigenvalue weighted by molar-refractivity contribution is 0.0963. The van der Waals surface area contributed by atoms with Gasteiger partial charge in [-0.05, 0) is 61.1 Å². The average molecular weight is 441 g/mol. The molecule has 6 N–H and O–H groups in total. The molecular formula is C23H40N2O4S. The molecule has 2 saturated carbocycles. The Balaban J connectivity index is 0.000000432. The highest BCUT2D eigenvalue weighted by Crippen LogP contribution is 2.55. The van der Waals surface area contributed by atoms with Gasteiger partial charge in [0, 0.05) is 30.6 Å². The molecule has 172 valence electrons. The molecule has 2 aliphatic carbocycles. The minimum absolute atomic E-state index is 0. The van der Waals surface area contributed by atoms with E-state index in [-0.39, 0.29) is 16.9 Å². The molecule has 0 spiro atoms. The highest BCUT2D eigenvalue weighted by molar-refractivity contribution is 7.80. The predicted octanol–water partition coefficient (Wildman–Crippen LogP) is 2.61. The summed E-state index contributed by atoms with van der Waals surface area (Å²) in [6, 6.07) is 5.55. The third-order valence-electron chi connectivity index (χ3n) is 5.87. The number of rotatable bonds is 2. The molecule has 2 bridgehead atoms. The highest BCUT2D eigenvalue weighted by Gasteiger charge is 2.43. The Labute approximate surface area is 186 Å². The van der Waals surface area contributed by atoms with Gasteiger partial charge in [-0.2, -0.15) is 0 Å². The lowest BCUT2D eigenvalue weighted by Crippen LogP contribution is -2.30. The minimum Gasteiger partial charge on any atom is -0.412 e. The number of allylic oxidation sites excluding steroid dienone is 1. The number of morpholine rings is 1. The van der Waals surface area contributed by atoms with Gasteiger partial charge in [-0.15, -0.1) is 12.6 Å². The van der Waals surface area contributed by atoms with Crippen molar-refractivity contribution in [3.05, 3.63) is 41.5 Å². The summed E-state index contributed by atoms with van der Waals surface area (Å²) in [7, 11) is 1.62. The van der Waals surface area contributed by atoms with Gasteiger partial charge in [-0.3, -0.25) is 4.79 Å². The molecule has 0 radical (unpaired) electrons. The van der Waals surface area contributed by atoms with Gasteiger partial charge < -0.3 is 26.3 Å². The first-order valence-corrected chi connectivity index (χ1v) is 10.8. The molecule has 6 nitrogen and oxygen atoms in total. The number of ether oxygens (including phenoxy) is 1. The number of thiol groups is 1. The van der Waals surface area contributed by atoms with Crippen LogP contribution in [-0.2, 0) is 11.2 Å². The summed E-state index contributed by atoms with van der Waals surface area (Å²) >= 11 is 4.30. The van der Waals surface area contributed by atoms with Crippen molar-refractivity contribution in [2.24, 2.45) is 11.3 Å². The van der Waals surface area contributed by atoms with Crippen molar-refractivity contribution >= 4 is 18.5 Å². The van der Waals surface area contributed by atoms with E-state index in [1.807, 2.05) is 12.1 Å². The van der Waals surface area contributed by atoms with Crippen LogP contribution < -0.4 is 10.6 Å². The maximum Gasteiger partial charge on any atom is 0.251 e. The van der Waals surface area contributed by atoms with Crippen LogP contribution in [0, 0.1) is 11.3 Å². The molecule has 1 aromatic carbocycles. The number of carbonyl (C=O) groups is 1. The summed E-state index contributed by atoms with van der Waals surface area (Å²) in [6.45, 7) is 12.4. The number of carbonyl (C=O) groups excluding carboxylic acids is 1. The summed E-state index contributed by atoms with van der Waals surface area (Å²) in [4.78, 5) is 12.1. The average Bonchev–Trinajstić information content (AvgIpc) is 3.24. The van der Waals surface area contributed by atoms with Crippen LogP contribution in [0.5, 0.6) is 0 Å². The van der Waals surface area contributed by atoms with E-state index in [9.17, 15) is 4.79 Å². The van der Waals surface area contributed by atoms with Crippen molar-refractivity contribution in [1.82, 2.24) is 10.6 Å². The summed E-state index contributed by atoms with van der Waals surface area (Å²) in [5, 5.41) is 5.73. The fourth-order valence-electron chi connectivity index (χ4n) is 4.19. The van der Waals surface area contributed by atoms with Crippen LogP contribution in [0.25, 0.3) is 0 Å². The van der Waals surface area contributed by atoms with E-state index in [4.69, 9.17) is 4.74 Å². The molecule has 1 aromatic rings. The molecule has 30 heavy (non-hydrogen) atoms. The minimum atomic E-state index is -0.0713. The normalized spacial score (nSPS) is 23.6. The lowest BCUT2D eigenvalue weighted by Gasteiger charge is -2.20. The zero-order chi connectivity index (χ0) is 20.6. The van der Waals surface area contributed by atoms with E-state index < -0.39 is 0 Å². The van der Waals surface area contributed by atoms with Gasteiger partial charge >= 0.3 is 0 Å². The standard InChI is InChI=1S/C10H13NOS.C9H14.C4H9NO.2H2O/c1-3-7-4-5-8(6-9(7)13)10(12)11-2;1-7-5-9(2)4-3-8(7)6-9;1-3-6-4-2-5-1;;/h4-6,13H,3H2,1-2H3,(H,11,12);8H,1,3-6H2,2H3;5H,1-4H2;2*1H2. The van der Waals surface area contributed by atoms with Gasteiger partial charge in [-0.25, -0.2) is 0 Å². The van der Waals surface area contributed by atoms with Crippen LogP contribution in [0.3, 0.4) is 0 Å². The highest BCUT2D eigenvalue weighted by atomic mass is 32.1. The Morgan fingerprint density at radius 2 is 2.00 bits per heavy atom. The van der Waals surface area contributed by atoms with Crippen molar-refractivity contribution in [3.63, 3.8) is 0 Å². The molecule has 2 unspecified atom stereocenters. The monoisotopic (exact) mass is 440 g/mol. The molecular weight excluding hydrogens is 400 g/mol. The van der Waals surface area contributed by atoms with E-state index in [0.29, 0.717) is 11.0 Å².